The lowest BCUT2D eigenvalue weighted by Gasteiger charge is -2.34. The zero-order valence-corrected chi connectivity index (χ0v) is 29.6. The van der Waals surface area contributed by atoms with E-state index < -0.39 is 5.41 Å². The van der Waals surface area contributed by atoms with Gasteiger partial charge in [-0.15, -0.1) is 11.3 Å². The van der Waals surface area contributed by atoms with E-state index in [1.165, 1.54) is 103 Å². The Kier molecular flexibility index (Phi) is 5.92. The molecule has 0 fully saturated rings. The van der Waals surface area contributed by atoms with Crippen LogP contribution >= 0.6 is 11.3 Å². The Morgan fingerprint density at radius 1 is 0.396 bits per heavy atom. The van der Waals surface area contributed by atoms with Crippen LogP contribution in [0.15, 0.2) is 188 Å². The van der Waals surface area contributed by atoms with E-state index in [1.807, 2.05) is 11.3 Å². The lowest BCUT2D eigenvalue weighted by Crippen LogP contribution is -2.28. The molecular weight excluding hydrogens is 659 g/mol. The van der Waals surface area contributed by atoms with Crippen LogP contribution in [0.4, 0.5) is 0 Å². The average Bonchev–Trinajstić information content (AvgIpc) is 3.89. The zero-order chi connectivity index (χ0) is 34.7. The largest absolute Gasteiger partial charge is 0.307 e. The van der Waals surface area contributed by atoms with Crippen LogP contribution in [-0.2, 0) is 5.41 Å². The highest BCUT2D eigenvalue weighted by Crippen LogP contribution is 2.57. The third kappa shape index (κ3) is 3.76. The summed E-state index contributed by atoms with van der Waals surface area (Å²) in [6, 6.07) is 70.1. The summed E-state index contributed by atoms with van der Waals surface area (Å²) < 4.78 is 5.26. The van der Waals surface area contributed by atoms with Gasteiger partial charge in [-0.25, -0.2) is 0 Å². The fourth-order valence-corrected chi connectivity index (χ4v) is 11.0. The van der Waals surface area contributed by atoms with Gasteiger partial charge in [0.1, 0.15) is 0 Å². The Morgan fingerprint density at radius 3 is 1.77 bits per heavy atom. The van der Waals surface area contributed by atoms with Crippen molar-refractivity contribution in [2.75, 3.05) is 0 Å². The van der Waals surface area contributed by atoms with Crippen LogP contribution in [0, 0.1) is 0 Å². The van der Waals surface area contributed by atoms with Gasteiger partial charge in [0, 0.05) is 37.3 Å². The molecule has 2 aromatic heterocycles. The number of thiophene rings is 1. The Balaban J connectivity index is 1.30. The van der Waals surface area contributed by atoms with E-state index in [4.69, 9.17) is 0 Å². The van der Waals surface area contributed by atoms with Crippen LogP contribution < -0.4 is 0 Å². The Bertz CT molecular complexity index is 3240. The molecule has 0 N–H and O–H groups in total. The van der Waals surface area contributed by atoms with E-state index in [9.17, 15) is 0 Å². The number of benzene rings is 9. The van der Waals surface area contributed by atoms with Gasteiger partial charge < -0.3 is 4.57 Å². The molecule has 0 bridgehead atoms. The molecule has 2 heteroatoms. The fraction of sp³-hybridized carbons (Fsp3) is 0.0196. The molecule has 2 heterocycles. The Hall–Kier alpha value is -6.48. The second-order valence-electron chi connectivity index (χ2n) is 14.3. The van der Waals surface area contributed by atoms with Crippen molar-refractivity contribution in [2.24, 2.45) is 0 Å². The lowest BCUT2D eigenvalue weighted by atomic mass is 9.67. The van der Waals surface area contributed by atoms with Crippen molar-refractivity contribution in [3.63, 3.8) is 0 Å². The van der Waals surface area contributed by atoms with Crippen molar-refractivity contribution >= 4 is 74.9 Å². The highest BCUT2D eigenvalue weighted by molar-refractivity contribution is 7.27. The van der Waals surface area contributed by atoms with Crippen LogP contribution in [0.25, 0.3) is 80.3 Å². The molecular formula is C51H31NS. The number of fused-ring (bicyclic) bond motifs is 15. The highest BCUT2D eigenvalue weighted by atomic mass is 32.1. The van der Waals surface area contributed by atoms with Crippen molar-refractivity contribution in [2.45, 2.75) is 5.41 Å². The molecule has 246 valence electrons. The number of rotatable bonds is 3. The van der Waals surface area contributed by atoms with E-state index in [-0.39, 0.29) is 0 Å². The van der Waals surface area contributed by atoms with Gasteiger partial charge >= 0.3 is 0 Å². The molecule has 0 amide bonds. The Labute approximate surface area is 310 Å². The minimum atomic E-state index is -0.481. The predicted molar refractivity (Wildman–Crippen MR) is 226 cm³/mol. The molecule has 0 radical (unpaired) electrons. The standard InChI is InChI=1S/C51H31NS/c1-3-16-33(17-4-1)51(34-18-5-2-6-19-34)43-25-13-11-21-37(43)38-30-28-35(31-44(38)51)52-48-36-20-8-7-15-32(36)27-29-42(48)46-39-22-9-10-23-40(39)47-41-24-12-14-26-45(41)53-50(47)49(46)52/h1-31H. The van der Waals surface area contributed by atoms with Crippen molar-refractivity contribution < 1.29 is 0 Å². The molecule has 0 saturated heterocycles. The molecule has 12 rings (SSSR count). The summed E-state index contributed by atoms with van der Waals surface area (Å²) in [7, 11) is 0. The zero-order valence-electron chi connectivity index (χ0n) is 28.8. The normalized spacial score (nSPS) is 13.4. The molecule has 11 aromatic rings. The maximum atomic E-state index is 2.61. The first-order chi connectivity index (χ1) is 26.3. The molecule has 0 spiro atoms. The summed E-state index contributed by atoms with van der Waals surface area (Å²) >= 11 is 1.92. The molecule has 0 unspecified atom stereocenters. The predicted octanol–water partition coefficient (Wildman–Crippen LogP) is 13.8. The molecule has 1 aliphatic rings. The van der Waals surface area contributed by atoms with Crippen LogP contribution in [0.2, 0.25) is 0 Å². The number of aromatic nitrogens is 1. The number of nitrogens with zero attached hydrogens (tertiary/aromatic N) is 1. The minimum absolute atomic E-state index is 0.481. The van der Waals surface area contributed by atoms with Gasteiger partial charge in [-0.05, 0) is 67.7 Å². The molecule has 1 nitrogen and oxygen atoms in total. The summed E-state index contributed by atoms with van der Waals surface area (Å²) in [5.74, 6) is 0. The van der Waals surface area contributed by atoms with E-state index >= 15 is 0 Å². The van der Waals surface area contributed by atoms with Crippen molar-refractivity contribution in [1.29, 1.82) is 0 Å². The van der Waals surface area contributed by atoms with Gasteiger partial charge in [0.2, 0.25) is 0 Å². The van der Waals surface area contributed by atoms with Crippen LogP contribution in [-0.4, -0.2) is 4.57 Å². The van der Waals surface area contributed by atoms with E-state index in [1.54, 1.807) is 0 Å². The maximum absolute atomic E-state index is 2.61. The lowest BCUT2D eigenvalue weighted by molar-refractivity contribution is 0.767. The van der Waals surface area contributed by atoms with Crippen LogP contribution in [0.3, 0.4) is 0 Å². The highest BCUT2D eigenvalue weighted by Gasteiger charge is 2.46. The van der Waals surface area contributed by atoms with Crippen LogP contribution in [0.1, 0.15) is 22.3 Å². The SMILES string of the molecule is c1ccc(C2(c3ccccc3)c3ccccc3-c3ccc(-n4c5c6ccccc6ccc5c5c6ccccc6c6c7ccccc7sc6c54)cc32)cc1. The summed E-state index contributed by atoms with van der Waals surface area (Å²) in [4.78, 5) is 0. The second kappa shape index (κ2) is 10.8. The maximum Gasteiger partial charge on any atom is 0.0726 e. The second-order valence-corrected chi connectivity index (χ2v) is 15.4. The summed E-state index contributed by atoms with van der Waals surface area (Å²) in [5, 5.41) is 10.4. The van der Waals surface area contributed by atoms with Crippen LogP contribution in [0.5, 0.6) is 0 Å². The summed E-state index contributed by atoms with van der Waals surface area (Å²) in [6.45, 7) is 0. The van der Waals surface area contributed by atoms with Gasteiger partial charge in [-0.1, -0.05) is 170 Å². The summed E-state index contributed by atoms with van der Waals surface area (Å²) in [6.07, 6.45) is 0. The van der Waals surface area contributed by atoms with Gasteiger partial charge in [0.05, 0.1) is 21.1 Å². The molecule has 0 saturated carbocycles. The van der Waals surface area contributed by atoms with E-state index in [0.29, 0.717) is 0 Å². The van der Waals surface area contributed by atoms with E-state index in [2.05, 4.69) is 193 Å². The third-order valence-corrected chi connectivity index (χ3v) is 13.0. The molecule has 0 aliphatic heterocycles. The van der Waals surface area contributed by atoms with Crippen molar-refractivity contribution in [1.82, 2.24) is 4.57 Å². The first-order valence-electron chi connectivity index (χ1n) is 18.4. The molecule has 1 aliphatic carbocycles. The fourth-order valence-electron chi connectivity index (χ4n) is 9.77. The Morgan fingerprint density at radius 2 is 1.00 bits per heavy atom. The quantitative estimate of drug-likeness (QED) is 0.174. The van der Waals surface area contributed by atoms with Crippen molar-refractivity contribution in [3.05, 3.63) is 210 Å². The third-order valence-electron chi connectivity index (χ3n) is 11.8. The first-order valence-corrected chi connectivity index (χ1v) is 19.2. The van der Waals surface area contributed by atoms with Gasteiger partial charge in [0.15, 0.2) is 0 Å². The van der Waals surface area contributed by atoms with Crippen molar-refractivity contribution in [3.8, 4) is 16.8 Å². The molecule has 53 heavy (non-hydrogen) atoms. The van der Waals surface area contributed by atoms with Gasteiger partial charge in [-0.3, -0.25) is 0 Å². The smallest absolute Gasteiger partial charge is 0.0726 e. The van der Waals surface area contributed by atoms with Gasteiger partial charge in [0.25, 0.3) is 0 Å². The molecule has 0 atom stereocenters. The number of hydrogen-bond acceptors (Lipinski definition) is 1. The minimum Gasteiger partial charge on any atom is -0.307 e. The van der Waals surface area contributed by atoms with E-state index in [0.717, 1.165) is 0 Å². The number of hydrogen-bond donors (Lipinski definition) is 0. The summed E-state index contributed by atoms with van der Waals surface area (Å²) in [5.41, 5.74) is 11.0. The monoisotopic (exact) mass is 689 g/mol. The molecule has 9 aromatic carbocycles. The first kappa shape index (κ1) is 29.1. The van der Waals surface area contributed by atoms with Gasteiger partial charge in [-0.2, -0.15) is 0 Å². The topological polar surface area (TPSA) is 4.93 Å². The average molecular weight is 690 g/mol.